The van der Waals surface area contributed by atoms with Crippen molar-refractivity contribution in [1.82, 2.24) is 24.5 Å². The van der Waals surface area contributed by atoms with Gasteiger partial charge in [-0.2, -0.15) is 0 Å². The normalized spacial score (nSPS) is 13.0. The molecular weight excluding hydrogens is 451 g/mol. The Kier molecular flexibility index (Phi) is 6.48. The van der Waals surface area contributed by atoms with E-state index in [1.54, 1.807) is 12.1 Å². The van der Waals surface area contributed by atoms with Crippen LogP contribution in [0.5, 0.6) is 0 Å². The Labute approximate surface area is 213 Å². The molecule has 0 aliphatic rings. The lowest BCUT2D eigenvalue weighted by atomic mass is 9.79. The Hall–Kier alpha value is -3.22. The highest BCUT2D eigenvalue weighted by Gasteiger charge is 2.29. The van der Waals surface area contributed by atoms with Crippen molar-refractivity contribution in [3.05, 3.63) is 48.0 Å². The van der Waals surface area contributed by atoms with Gasteiger partial charge in [-0.15, -0.1) is 0 Å². The summed E-state index contributed by atoms with van der Waals surface area (Å²) < 4.78 is 15.7. The number of halogens is 1. The molecule has 6 nitrogen and oxygen atoms in total. The van der Waals surface area contributed by atoms with E-state index in [9.17, 15) is 4.39 Å². The summed E-state index contributed by atoms with van der Waals surface area (Å²) in [6, 6.07) is 10.4. The van der Waals surface area contributed by atoms with E-state index in [1.807, 2.05) is 16.7 Å². The van der Waals surface area contributed by atoms with Gasteiger partial charge in [0.1, 0.15) is 17.2 Å². The SMILES string of the molecule is CC(C)(C)CCC(C)(C)c1nc(-c2ccc(F)cc2)c(-c2ccc3nc(N)n(CC(C)(C)C)c3n2)[nH]1. The Balaban J connectivity index is 1.86. The van der Waals surface area contributed by atoms with Gasteiger partial charge in [0.05, 0.1) is 17.1 Å². The van der Waals surface area contributed by atoms with Crippen LogP contribution >= 0.6 is 0 Å². The number of benzene rings is 1. The highest BCUT2D eigenvalue weighted by molar-refractivity contribution is 5.82. The minimum absolute atomic E-state index is 0.0109. The van der Waals surface area contributed by atoms with Crippen LogP contribution < -0.4 is 5.73 Å². The van der Waals surface area contributed by atoms with Crippen LogP contribution in [-0.4, -0.2) is 24.5 Å². The maximum absolute atomic E-state index is 13.7. The lowest BCUT2D eigenvalue weighted by molar-refractivity contribution is 0.309. The number of nitrogens with one attached hydrogen (secondary N) is 1. The van der Waals surface area contributed by atoms with Crippen LogP contribution in [0.15, 0.2) is 36.4 Å². The zero-order valence-corrected chi connectivity index (χ0v) is 22.8. The number of nitrogens with zero attached hydrogens (tertiary/aromatic N) is 4. The zero-order valence-electron chi connectivity index (χ0n) is 22.8. The molecule has 0 saturated carbocycles. The van der Waals surface area contributed by atoms with Gasteiger partial charge < -0.3 is 10.7 Å². The number of aromatic nitrogens is 5. The standard InChI is InChI=1S/C29H39FN6/c1-27(2,3)15-16-29(7,8)25-34-22(18-9-11-19(30)12-10-18)23(35-25)20-13-14-21-24(32-20)36(26(31)33-21)17-28(4,5)6/h9-14H,15-17H2,1-8H3,(H2,31,33)(H,34,35). The number of H-pyrrole nitrogens is 1. The highest BCUT2D eigenvalue weighted by atomic mass is 19.1. The molecule has 0 radical (unpaired) electrons. The molecule has 4 aromatic rings. The summed E-state index contributed by atoms with van der Waals surface area (Å²) in [6.07, 6.45) is 2.05. The van der Waals surface area contributed by atoms with Crippen LogP contribution in [0.2, 0.25) is 0 Å². The van der Waals surface area contributed by atoms with Crippen LogP contribution in [-0.2, 0) is 12.0 Å². The van der Waals surface area contributed by atoms with Crippen LogP contribution in [0.25, 0.3) is 33.8 Å². The van der Waals surface area contributed by atoms with E-state index in [4.69, 9.17) is 15.7 Å². The van der Waals surface area contributed by atoms with Crippen molar-refractivity contribution in [2.24, 2.45) is 10.8 Å². The first-order chi connectivity index (χ1) is 16.6. The summed E-state index contributed by atoms with van der Waals surface area (Å²) in [4.78, 5) is 18.2. The molecule has 4 rings (SSSR count). The molecule has 0 spiro atoms. The summed E-state index contributed by atoms with van der Waals surface area (Å²) in [5.41, 5.74) is 11.0. The van der Waals surface area contributed by atoms with Gasteiger partial charge in [-0.05, 0) is 60.1 Å². The van der Waals surface area contributed by atoms with Crippen molar-refractivity contribution < 1.29 is 4.39 Å². The van der Waals surface area contributed by atoms with Crippen molar-refractivity contribution in [2.45, 2.75) is 80.2 Å². The Morgan fingerprint density at radius 2 is 1.50 bits per heavy atom. The first-order valence-electron chi connectivity index (χ1n) is 12.6. The first kappa shape index (κ1) is 25.9. The lowest BCUT2D eigenvalue weighted by Gasteiger charge is -2.27. The molecule has 0 atom stereocenters. The quantitative estimate of drug-likeness (QED) is 0.296. The molecule has 3 heterocycles. The number of nitrogens with two attached hydrogens (primary N) is 1. The van der Waals surface area contributed by atoms with E-state index in [2.05, 4.69) is 65.4 Å². The van der Waals surface area contributed by atoms with Crippen LogP contribution in [0, 0.1) is 16.6 Å². The number of rotatable bonds is 6. The van der Waals surface area contributed by atoms with Gasteiger partial charge in [-0.3, -0.25) is 4.57 Å². The molecule has 3 aromatic heterocycles. The number of anilines is 1. The molecular formula is C29H39FN6. The third-order valence-corrected chi connectivity index (χ3v) is 6.47. The number of pyridine rings is 1. The van der Waals surface area contributed by atoms with Gasteiger partial charge in [0.2, 0.25) is 5.95 Å². The van der Waals surface area contributed by atoms with Crippen LogP contribution in [0.4, 0.5) is 10.3 Å². The second kappa shape index (κ2) is 9.02. The Bertz CT molecular complexity index is 1360. The second-order valence-electron chi connectivity index (χ2n) is 12.9. The van der Waals surface area contributed by atoms with E-state index in [0.717, 1.165) is 52.5 Å². The predicted octanol–water partition coefficient (Wildman–Crippen LogP) is 7.36. The van der Waals surface area contributed by atoms with E-state index in [0.29, 0.717) is 12.5 Å². The fourth-order valence-electron chi connectivity index (χ4n) is 4.29. The number of hydrogen-bond donors (Lipinski definition) is 2. The smallest absolute Gasteiger partial charge is 0.202 e. The number of imidazole rings is 2. The Morgan fingerprint density at radius 3 is 2.11 bits per heavy atom. The minimum atomic E-state index is -0.275. The van der Waals surface area contributed by atoms with Gasteiger partial charge in [0, 0.05) is 17.5 Å². The number of hydrogen-bond acceptors (Lipinski definition) is 4. The van der Waals surface area contributed by atoms with Crippen molar-refractivity contribution in [3.8, 4) is 22.6 Å². The van der Waals surface area contributed by atoms with Crippen molar-refractivity contribution in [2.75, 3.05) is 5.73 Å². The van der Waals surface area contributed by atoms with E-state index in [1.165, 1.54) is 12.1 Å². The Morgan fingerprint density at radius 1 is 0.833 bits per heavy atom. The predicted molar refractivity (Wildman–Crippen MR) is 146 cm³/mol. The van der Waals surface area contributed by atoms with Crippen LogP contribution in [0.3, 0.4) is 0 Å². The molecule has 1 aromatic carbocycles. The minimum Gasteiger partial charge on any atom is -0.369 e. The summed E-state index contributed by atoms with van der Waals surface area (Å²) in [5, 5.41) is 0. The lowest BCUT2D eigenvalue weighted by Crippen LogP contribution is -2.22. The summed E-state index contributed by atoms with van der Waals surface area (Å²) in [6.45, 7) is 18.4. The summed E-state index contributed by atoms with van der Waals surface area (Å²) in [5.74, 6) is 1.07. The average Bonchev–Trinajstić information content (AvgIpc) is 3.34. The monoisotopic (exact) mass is 490 g/mol. The van der Waals surface area contributed by atoms with Gasteiger partial charge >= 0.3 is 0 Å². The molecule has 0 unspecified atom stereocenters. The molecule has 0 fully saturated rings. The third kappa shape index (κ3) is 5.61. The van der Waals surface area contributed by atoms with Gasteiger partial charge in [0.25, 0.3) is 0 Å². The largest absolute Gasteiger partial charge is 0.369 e. The van der Waals surface area contributed by atoms with Gasteiger partial charge in [0.15, 0.2) is 5.65 Å². The number of fused-ring (bicyclic) bond motifs is 1. The summed E-state index contributed by atoms with van der Waals surface area (Å²) in [7, 11) is 0. The first-order valence-corrected chi connectivity index (χ1v) is 12.6. The van der Waals surface area contributed by atoms with Gasteiger partial charge in [-0.25, -0.2) is 19.3 Å². The molecule has 0 aliphatic carbocycles. The molecule has 0 saturated heterocycles. The molecule has 7 heteroatoms. The van der Waals surface area contributed by atoms with E-state index < -0.39 is 0 Å². The maximum Gasteiger partial charge on any atom is 0.202 e. The van der Waals surface area contributed by atoms with Crippen molar-refractivity contribution >= 4 is 17.1 Å². The number of nitrogen functional groups attached to an aromatic ring is 1. The second-order valence-corrected chi connectivity index (χ2v) is 12.9. The third-order valence-electron chi connectivity index (χ3n) is 6.47. The molecule has 192 valence electrons. The summed E-state index contributed by atoms with van der Waals surface area (Å²) >= 11 is 0. The fourth-order valence-corrected chi connectivity index (χ4v) is 4.29. The van der Waals surface area contributed by atoms with Crippen molar-refractivity contribution in [1.29, 1.82) is 0 Å². The van der Waals surface area contributed by atoms with E-state index >= 15 is 0 Å². The molecule has 0 aliphatic heterocycles. The number of aromatic amines is 1. The average molecular weight is 491 g/mol. The van der Waals surface area contributed by atoms with E-state index in [-0.39, 0.29) is 22.1 Å². The molecule has 3 N–H and O–H groups in total. The molecule has 0 bridgehead atoms. The van der Waals surface area contributed by atoms with Gasteiger partial charge in [-0.1, -0.05) is 55.4 Å². The molecule has 0 amide bonds. The zero-order chi connectivity index (χ0) is 26.5. The maximum atomic E-state index is 13.7. The molecule has 36 heavy (non-hydrogen) atoms. The van der Waals surface area contributed by atoms with Crippen molar-refractivity contribution in [3.63, 3.8) is 0 Å². The highest BCUT2D eigenvalue weighted by Crippen LogP contribution is 2.37. The topological polar surface area (TPSA) is 85.4 Å². The fraction of sp³-hybridized carbons (Fsp3) is 0.483. The van der Waals surface area contributed by atoms with Crippen LogP contribution in [0.1, 0.15) is 74.1 Å².